The summed E-state index contributed by atoms with van der Waals surface area (Å²) in [6.45, 7) is 3.87. The van der Waals surface area contributed by atoms with Crippen molar-refractivity contribution in [3.05, 3.63) is 23.8 Å². The van der Waals surface area contributed by atoms with Crippen molar-refractivity contribution in [2.45, 2.75) is 64.3 Å². The lowest BCUT2D eigenvalue weighted by molar-refractivity contribution is -0.0479. The predicted molar refractivity (Wildman–Crippen MR) is 85.3 cm³/mol. The van der Waals surface area contributed by atoms with Crippen LogP contribution in [-0.2, 0) is 9.47 Å². The van der Waals surface area contributed by atoms with E-state index in [2.05, 4.69) is 25.2 Å². The third kappa shape index (κ3) is 2.47. The first kappa shape index (κ1) is 14.9. The summed E-state index contributed by atoms with van der Waals surface area (Å²) >= 11 is 0. The number of aliphatic hydroxyl groups is 1. The predicted octanol–water partition coefficient (Wildman–Crippen LogP) is 3.58. The molecule has 122 valence electrons. The van der Waals surface area contributed by atoms with Crippen LogP contribution in [0, 0.1) is 16.7 Å². The van der Waals surface area contributed by atoms with Crippen LogP contribution in [0.15, 0.2) is 23.8 Å². The minimum atomic E-state index is -0.265. The number of hydrogen-bond donors (Lipinski definition) is 1. The lowest BCUT2D eigenvalue weighted by atomic mass is 9.59. The van der Waals surface area contributed by atoms with Gasteiger partial charge in [-0.2, -0.15) is 0 Å². The first-order valence-corrected chi connectivity index (χ1v) is 8.92. The Morgan fingerprint density at radius 3 is 2.91 bits per heavy atom. The molecule has 22 heavy (non-hydrogen) atoms. The second-order valence-electron chi connectivity index (χ2n) is 8.01. The highest BCUT2D eigenvalue weighted by Gasteiger charge is 2.54. The number of fused-ring (bicyclic) bond motifs is 1. The fourth-order valence-corrected chi connectivity index (χ4v) is 5.31. The first-order valence-electron chi connectivity index (χ1n) is 8.92. The van der Waals surface area contributed by atoms with Crippen molar-refractivity contribution >= 4 is 0 Å². The summed E-state index contributed by atoms with van der Waals surface area (Å²) < 4.78 is 11.1. The van der Waals surface area contributed by atoms with E-state index in [1.165, 1.54) is 24.8 Å². The molecule has 4 aliphatic rings. The molecule has 0 unspecified atom stereocenters. The van der Waals surface area contributed by atoms with Gasteiger partial charge < -0.3 is 14.6 Å². The van der Waals surface area contributed by atoms with Gasteiger partial charge in [-0.1, -0.05) is 30.7 Å². The van der Waals surface area contributed by atoms with Crippen molar-refractivity contribution in [3.63, 3.8) is 0 Å². The van der Waals surface area contributed by atoms with Gasteiger partial charge in [-0.15, -0.1) is 0 Å². The molecule has 3 nitrogen and oxygen atoms in total. The first-order chi connectivity index (χ1) is 10.6. The number of hydrogen-bond acceptors (Lipinski definition) is 3. The third-order valence-corrected chi connectivity index (χ3v) is 6.41. The molecule has 0 amide bonds. The van der Waals surface area contributed by atoms with E-state index in [9.17, 15) is 5.11 Å². The monoisotopic (exact) mass is 304 g/mol. The lowest BCUT2D eigenvalue weighted by Gasteiger charge is -2.46. The van der Waals surface area contributed by atoms with E-state index in [-0.39, 0.29) is 12.4 Å². The number of allylic oxidation sites excluding steroid dienone is 3. The van der Waals surface area contributed by atoms with Crippen LogP contribution in [0.3, 0.4) is 0 Å². The maximum Gasteiger partial charge on any atom is 0.157 e. The van der Waals surface area contributed by atoms with Crippen LogP contribution in [0.1, 0.15) is 51.9 Å². The van der Waals surface area contributed by atoms with Gasteiger partial charge in [0, 0.05) is 0 Å². The number of aliphatic hydroxyl groups excluding tert-OH is 1. The summed E-state index contributed by atoms with van der Waals surface area (Å²) in [5.41, 5.74) is 2.23. The van der Waals surface area contributed by atoms with Crippen LogP contribution >= 0.6 is 0 Å². The fourth-order valence-electron chi connectivity index (χ4n) is 5.31. The fraction of sp³-hybridized carbons (Fsp3) is 0.789. The molecule has 3 aliphatic carbocycles. The highest BCUT2D eigenvalue weighted by atomic mass is 16.7. The third-order valence-electron chi connectivity index (χ3n) is 6.41. The van der Waals surface area contributed by atoms with E-state index in [1.54, 1.807) is 0 Å². The Morgan fingerprint density at radius 1 is 1.27 bits per heavy atom. The second kappa shape index (κ2) is 5.47. The zero-order valence-electron chi connectivity index (χ0n) is 13.6. The molecule has 4 atom stereocenters. The van der Waals surface area contributed by atoms with Gasteiger partial charge in [-0.05, 0) is 61.7 Å². The van der Waals surface area contributed by atoms with Crippen LogP contribution in [0.25, 0.3) is 0 Å². The Morgan fingerprint density at radius 2 is 2.09 bits per heavy atom. The Hall–Kier alpha value is -0.640. The van der Waals surface area contributed by atoms with E-state index in [0.717, 1.165) is 38.9 Å². The van der Waals surface area contributed by atoms with Crippen molar-refractivity contribution in [2.75, 3.05) is 13.2 Å². The molecule has 4 rings (SSSR count). The van der Waals surface area contributed by atoms with Gasteiger partial charge in [0.25, 0.3) is 0 Å². The standard InChI is InChI=1S/C19H28O3/c1-18-6-5-15-12-16(20)11-14(19(15,13-18)8-7-18)3-2-4-17-21-9-10-22-17/h5-6,11,15-17,20H,2-4,7-10,12-13H2,1H3/t15-,16+,18+,19-/m1/s1. The summed E-state index contributed by atoms with van der Waals surface area (Å²) in [5, 5.41) is 10.3. The average molecular weight is 304 g/mol. The van der Waals surface area contributed by atoms with Gasteiger partial charge in [-0.3, -0.25) is 0 Å². The highest BCUT2D eigenvalue weighted by molar-refractivity contribution is 5.32. The molecular weight excluding hydrogens is 276 g/mol. The molecule has 0 radical (unpaired) electrons. The molecule has 1 saturated heterocycles. The van der Waals surface area contributed by atoms with E-state index in [0.29, 0.717) is 16.7 Å². The molecule has 1 spiro atoms. The summed E-state index contributed by atoms with van der Waals surface area (Å²) in [4.78, 5) is 0. The van der Waals surface area contributed by atoms with Crippen LogP contribution in [0.2, 0.25) is 0 Å². The van der Waals surface area contributed by atoms with Crippen LogP contribution in [0.5, 0.6) is 0 Å². The van der Waals surface area contributed by atoms with Crippen LogP contribution in [-0.4, -0.2) is 30.7 Å². The maximum atomic E-state index is 10.3. The van der Waals surface area contributed by atoms with Gasteiger partial charge in [0.2, 0.25) is 0 Å². The van der Waals surface area contributed by atoms with Crippen LogP contribution in [0.4, 0.5) is 0 Å². The average Bonchev–Trinajstić information content (AvgIpc) is 3.08. The van der Waals surface area contributed by atoms with Crippen molar-refractivity contribution in [3.8, 4) is 0 Å². The Kier molecular flexibility index (Phi) is 3.71. The number of rotatable bonds is 4. The molecule has 2 fully saturated rings. The van der Waals surface area contributed by atoms with E-state index in [4.69, 9.17) is 9.47 Å². The summed E-state index contributed by atoms with van der Waals surface area (Å²) in [6, 6.07) is 0. The van der Waals surface area contributed by atoms with E-state index < -0.39 is 0 Å². The molecule has 1 N–H and O–H groups in total. The Balaban J connectivity index is 1.48. The van der Waals surface area contributed by atoms with E-state index in [1.807, 2.05) is 0 Å². The molecule has 0 aromatic heterocycles. The summed E-state index contributed by atoms with van der Waals surface area (Å²) in [6.07, 6.45) is 14.7. The minimum Gasteiger partial charge on any atom is -0.389 e. The second-order valence-corrected chi connectivity index (χ2v) is 8.01. The maximum absolute atomic E-state index is 10.3. The quantitative estimate of drug-likeness (QED) is 0.807. The van der Waals surface area contributed by atoms with E-state index >= 15 is 0 Å². The largest absolute Gasteiger partial charge is 0.389 e. The number of ether oxygens (including phenoxy) is 2. The van der Waals surface area contributed by atoms with Crippen molar-refractivity contribution in [1.82, 2.24) is 0 Å². The van der Waals surface area contributed by atoms with Gasteiger partial charge in [-0.25, -0.2) is 0 Å². The molecule has 0 aromatic carbocycles. The van der Waals surface area contributed by atoms with Crippen molar-refractivity contribution in [2.24, 2.45) is 16.7 Å². The van der Waals surface area contributed by atoms with Gasteiger partial charge >= 0.3 is 0 Å². The Labute approximate surface area is 133 Å². The summed E-state index contributed by atoms with van der Waals surface area (Å²) in [7, 11) is 0. The Bertz CT molecular complexity index is 491. The van der Waals surface area contributed by atoms with Gasteiger partial charge in [0.15, 0.2) is 6.29 Å². The topological polar surface area (TPSA) is 38.7 Å². The van der Waals surface area contributed by atoms with Gasteiger partial charge in [0.1, 0.15) is 0 Å². The normalized spacial score (nSPS) is 44.2. The SMILES string of the molecule is C[C@]12C=C[C@@H]3C[C@@H](O)C=C(CCCC4OCCO4)[C@@]3(CC1)C2. The molecule has 3 heteroatoms. The molecular formula is C19H28O3. The molecule has 0 aromatic rings. The zero-order chi connectivity index (χ0) is 15.2. The van der Waals surface area contributed by atoms with Gasteiger partial charge in [0.05, 0.1) is 19.3 Å². The van der Waals surface area contributed by atoms with Crippen molar-refractivity contribution < 1.29 is 14.6 Å². The van der Waals surface area contributed by atoms with Crippen LogP contribution < -0.4 is 0 Å². The molecule has 1 heterocycles. The highest BCUT2D eigenvalue weighted by Crippen LogP contribution is 2.64. The minimum absolute atomic E-state index is 0.00232. The smallest absolute Gasteiger partial charge is 0.157 e. The van der Waals surface area contributed by atoms with Crippen molar-refractivity contribution in [1.29, 1.82) is 0 Å². The molecule has 2 bridgehead atoms. The summed E-state index contributed by atoms with van der Waals surface area (Å²) in [5.74, 6) is 0.539. The zero-order valence-corrected chi connectivity index (χ0v) is 13.6. The molecule has 1 saturated carbocycles. The lowest BCUT2D eigenvalue weighted by Crippen LogP contribution is -2.38. The molecule has 1 aliphatic heterocycles.